The minimum absolute atomic E-state index is 0.00693. The molecule has 4 rings (SSSR count). The van der Waals surface area contributed by atoms with Crippen LogP contribution in [-0.4, -0.2) is 27.4 Å². The molecule has 0 saturated heterocycles. The molecule has 217 valence electrons. The van der Waals surface area contributed by atoms with Gasteiger partial charge in [-0.15, -0.1) is 0 Å². The summed E-state index contributed by atoms with van der Waals surface area (Å²) in [5.74, 6) is -2.16. The highest BCUT2D eigenvalue weighted by Crippen LogP contribution is 2.71. The van der Waals surface area contributed by atoms with Crippen LogP contribution in [0.3, 0.4) is 0 Å². The maximum Gasteiger partial charge on any atom is 0.252 e. The van der Waals surface area contributed by atoms with E-state index in [1.165, 1.54) is 0 Å². The number of aldehydes is 1. The van der Waals surface area contributed by atoms with E-state index in [4.69, 9.17) is 4.43 Å². The van der Waals surface area contributed by atoms with Crippen molar-refractivity contribution < 1.29 is 18.0 Å². The molecule has 0 spiro atoms. The molecule has 4 aliphatic carbocycles. The lowest BCUT2D eigenvalue weighted by molar-refractivity contribution is -0.228. The second kappa shape index (κ2) is 10.7. The van der Waals surface area contributed by atoms with Gasteiger partial charge in [0.05, 0.1) is 6.10 Å². The highest BCUT2D eigenvalue weighted by atomic mass is 28.3. The van der Waals surface area contributed by atoms with Gasteiger partial charge in [-0.2, -0.15) is 0 Å². The third kappa shape index (κ3) is 5.14. The highest BCUT2D eigenvalue weighted by molar-refractivity contribution is 6.56. The first-order chi connectivity index (χ1) is 17.6. The predicted molar refractivity (Wildman–Crippen MR) is 155 cm³/mol. The lowest BCUT2D eigenvalue weighted by Gasteiger charge is -2.63. The zero-order valence-electron chi connectivity index (χ0n) is 25.5. The Bertz CT molecular complexity index is 881. The van der Waals surface area contributed by atoms with E-state index in [0.717, 1.165) is 63.2 Å². The van der Waals surface area contributed by atoms with Crippen LogP contribution in [0.5, 0.6) is 0 Å². The minimum atomic E-state index is -2.66. The molecule has 0 bridgehead atoms. The zero-order valence-corrected chi connectivity index (χ0v) is 26.5. The fourth-order valence-corrected chi connectivity index (χ4v) is 13.2. The van der Waals surface area contributed by atoms with Crippen LogP contribution >= 0.6 is 0 Å². The van der Waals surface area contributed by atoms with Crippen LogP contribution < -0.4 is 0 Å². The molecule has 4 aliphatic rings. The monoisotopic (exact) mass is 549 g/mol. The molecule has 5 heteroatoms. The maximum absolute atomic E-state index is 16.4. The summed E-state index contributed by atoms with van der Waals surface area (Å²) in [7, 11) is -1.13. The molecule has 0 aromatic rings. The smallest absolute Gasteiger partial charge is 0.252 e. The SMILES string of the molecule is C=C1[C@@H](O[Si](C(C)C)C(C)(C)C)CC[C@@]2(C)[C@H]1CC(F)(F)[C@@H]1[C@@H]2CC[C@]2(C)[C@@H]([C@H](C)CCCC=O)CC[C@@H]12. The molecular formula is C33H55F2O2Si. The second-order valence-corrected chi connectivity index (χ2v) is 19.2. The Kier molecular flexibility index (Phi) is 8.56. The topological polar surface area (TPSA) is 26.3 Å². The Balaban J connectivity index is 1.56. The molecule has 0 amide bonds. The van der Waals surface area contributed by atoms with Gasteiger partial charge in [0.15, 0.2) is 0 Å². The van der Waals surface area contributed by atoms with Crippen LogP contribution in [0.15, 0.2) is 12.2 Å². The van der Waals surface area contributed by atoms with Gasteiger partial charge >= 0.3 is 0 Å². The normalized spacial score (nSPS) is 41.5. The molecule has 4 saturated carbocycles. The fraction of sp³-hybridized carbons (Fsp3) is 0.909. The van der Waals surface area contributed by atoms with Gasteiger partial charge in [-0.05, 0) is 102 Å². The van der Waals surface area contributed by atoms with Crippen LogP contribution in [0.1, 0.15) is 120 Å². The summed E-state index contributed by atoms with van der Waals surface area (Å²) in [6.45, 7) is 22.7. The van der Waals surface area contributed by atoms with Crippen LogP contribution in [0, 0.1) is 46.3 Å². The number of halogens is 2. The van der Waals surface area contributed by atoms with E-state index in [-0.39, 0.29) is 46.1 Å². The van der Waals surface area contributed by atoms with Gasteiger partial charge < -0.3 is 9.22 Å². The molecule has 0 aliphatic heterocycles. The average molecular weight is 550 g/mol. The van der Waals surface area contributed by atoms with Gasteiger partial charge in [0.2, 0.25) is 9.04 Å². The van der Waals surface area contributed by atoms with E-state index in [1.54, 1.807) is 0 Å². The van der Waals surface area contributed by atoms with Crippen LogP contribution in [0.25, 0.3) is 0 Å². The summed E-state index contributed by atoms with van der Waals surface area (Å²) in [5.41, 5.74) is 1.31. The van der Waals surface area contributed by atoms with Crippen LogP contribution in [0.2, 0.25) is 10.6 Å². The van der Waals surface area contributed by atoms with Gasteiger partial charge in [0.25, 0.3) is 5.92 Å². The van der Waals surface area contributed by atoms with Crippen molar-refractivity contribution in [1.82, 2.24) is 0 Å². The molecule has 4 fully saturated rings. The van der Waals surface area contributed by atoms with E-state index in [9.17, 15) is 4.79 Å². The van der Waals surface area contributed by atoms with E-state index >= 15 is 8.78 Å². The third-order valence-corrected chi connectivity index (χ3v) is 15.0. The van der Waals surface area contributed by atoms with Crippen molar-refractivity contribution in [1.29, 1.82) is 0 Å². The molecule has 0 N–H and O–H groups in total. The Morgan fingerprint density at radius 1 is 1.05 bits per heavy atom. The van der Waals surface area contributed by atoms with Gasteiger partial charge in [-0.3, -0.25) is 0 Å². The summed E-state index contributed by atoms with van der Waals surface area (Å²) in [4.78, 5) is 10.8. The Morgan fingerprint density at radius 3 is 2.29 bits per heavy atom. The fourth-order valence-electron chi connectivity index (χ4n) is 10.3. The first kappa shape index (κ1) is 30.4. The zero-order chi connectivity index (χ0) is 28.3. The summed E-state index contributed by atoms with van der Waals surface area (Å²) in [6.07, 6.45) is 9.35. The quantitative estimate of drug-likeness (QED) is 0.130. The molecule has 1 radical (unpaired) electrons. The van der Waals surface area contributed by atoms with E-state index < -0.39 is 20.9 Å². The highest BCUT2D eigenvalue weighted by Gasteiger charge is 2.68. The average Bonchev–Trinajstić information content (AvgIpc) is 3.16. The summed E-state index contributed by atoms with van der Waals surface area (Å²) >= 11 is 0. The minimum Gasteiger partial charge on any atom is -0.409 e. The van der Waals surface area contributed by atoms with E-state index in [2.05, 4.69) is 62.0 Å². The molecule has 0 unspecified atom stereocenters. The van der Waals surface area contributed by atoms with Gasteiger partial charge in [0.1, 0.15) is 6.29 Å². The lowest BCUT2D eigenvalue weighted by Crippen LogP contribution is -2.61. The number of hydrogen-bond donors (Lipinski definition) is 0. The van der Waals surface area contributed by atoms with Crippen molar-refractivity contribution in [3.63, 3.8) is 0 Å². The molecule has 9 atom stereocenters. The van der Waals surface area contributed by atoms with Gasteiger partial charge in [-0.1, -0.05) is 68.4 Å². The van der Waals surface area contributed by atoms with Gasteiger partial charge in [0, 0.05) is 18.8 Å². The van der Waals surface area contributed by atoms with E-state index in [1.807, 2.05) is 0 Å². The predicted octanol–water partition coefficient (Wildman–Crippen LogP) is 9.65. The molecular weight excluding hydrogens is 494 g/mol. The van der Waals surface area contributed by atoms with Gasteiger partial charge in [-0.25, -0.2) is 8.78 Å². The van der Waals surface area contributed by atoms with Crippen molar-refractivity contribution >= 4 is 15.3 Å². The first-order valence-corrected chi connectivity index (χ1v) is 17.1. The molecule has 0 aromatic carbocycles. The molecule has 2 nitrogen and oxygen atoms in total. The van der Waals surface area contributed by atoms with Crippen molar-refractivity contribution in [2.45, 2.75) is 142 Å². The number of unbranched alkanes of at least 4 members (excludes halogenated alkanes) is 1. The van der Waals surface area contributed by atoms with E-state index in [0.29, 0.717) is 23.8 Å². The number of carbonyl (C=O) groups is 1. The number of hydrogen-bond acceptors (Lipinski definition) is 2. The molecule has 38 heavy (non-hydrogen) atoms. The number of alkyl halides is 2. The van der Waals surface area contributed by atoms with Crippen molar-refractivity contribution in [2.24, 2.45) is 46.3 Å². The molecule has 0 heterocycles. The number of fused-ring (bicyclic) bond motifs is 5. The summed E-state index contributed by atoms with van der Waals surface area (Å²) in [6, 6.07) is 0. The lowest BCUT2D eigenvalue weighted by atomic mass is 9.43. The Labute approximate surface area is 233 Å². The van der Waals surface area contributed by atoms with Crippen molar-refractivity contribution in [3.8, 4) is 0 Å². The second-order valence-electron chi connectivity index (χ2n) is 15.6. The maximum atomic E-state index is 16.4. The third-order valence-electron chi connectivity index (χ3n) is 12.0. The standard InChI is InChI=1S/C33H55F2O2Si/c1-21(2)38(30(5,6)7)37-28-16-18-32(9)26-15-17-31(8)24(22(3)12-10-11-19-36)13-14-25(31)29(26)33(34,35)20-27(32)23(28)4/h19,21-22,24-29H,4,10-18,20H2,1-3,5-9H3/t22-,24-,25+,26+,27+,28+,29+,31-,32-/m1/s1. The Hall–Kier alpha value is -0.553. The number of rotatable bonds is 8. The summed E-state index contributed by atoms with van der Waals surface area (Å²) in [5, 5.41) is 0.0959. The van der Waals surface area contributed by atoms with Crippen LogP contribution in [-0.2, 0) is 9.22 Å². The Morgan fingerprint density at radius 2 is 1.68 bits per heavy atom. The first-order valence-electron chi connectivity index (χ1n) is 15.6. The van der Waals surface area contributed by atoms with Crippen molar-refractivity contribution in [2.75, 3.05) is 0 Å². The summed E-state index contributed by atoms with van der Waals surface area (Å²) < 4.78 is 39.7. The van der Waals surface area contributed by atoms with Crippen molar-refractivity contribution in [3.05, 3.63) is 12.2 Å². The van der Waals surface area contributed by atoms with Crippen LogP contribution in [0.4, 0.5) is 8.78 Å². The molecule has 0 aromatic heterocycles. The largest absolute Gasteiger partial charge is 0.409 e. The number of carbonyl (C=O) groups excluding carboxylic acids is 1.